The number of anilines is 1. The third-order valence-electron chi connectivity index (χ3n) is 2.06. The summed E-state index contributed by atoms with van der Waals surface area (Å²) in [5.74, 6) is -0.252. The lowest BCUT2D eigenvalue weighted by atomic mass is 10.2. The van der Waals surface area contributed by atoms with E-state index >= 15 is 0 Å². The van der Waals surface area contributed by atoms with Crippen LogP contribution in [0.5, 0.6) is 0 Å². The van der Waals surface area contributed by atoms with Crippen molar-refractivity contribution in [1.82, 2.24) is 4.98 Å². The van der Waals surface area contributed by atoms with Gasteiger partial charge in [-0.3, -0.25) is 4.79 Å². The number of benzene rings is 1. The minimum Gasteiger partial charge on any atom is -0.320 e. The Morgan fingerprint density at radius 2 is 2.35 bits per heavy atom. The summed E-state index contributed by atoms with van der Waals surface area (Å²) in [6, 6.07) is 8.79. The van der Waals surface area contributed by atoms with Gasteiger partial charge in [0.15, 0.2) is 5.01 Å². The van der Waals surface area contributed by atoms with Crippen LogP contribution < -0.4 is 5.32 Å². The summed E-state index contributed by atoms with van der Waals surface area (Å²) < 4.78 is 0. The number of aryl methyl sites for hydroxylation is 1. The molecule has 4 nitrogen and oxygen atoms in total. The molecular formula is C12H9N3OS. The number of nitrogens with zero attached hydrogens (tertiary/aromatic N) is 2. The number of hydrogen-bond acceptors (Lipinski definition) is 4. The van der Waals surface area contributed by atoms with E-state index in [0.29, 0.717) is 16.3 Å². The molecule has 0 aliphatic heterocycles. The molecule has 1 heterocycles. The summed E-state index contributed by atoms with van der Waals surface area (Å²) in [4.78, 5) is 15.9. The first-order valence-electron chi connectivity index (χ1n) is 4.92. The molecule has 84 valence electrons. The van der Waals surface area contributed by atoms with Crippen LogP contribution in [0.25, 0.3) is 0 Å². The molecule has 1 aromatic heterocycles. The molecule has 0 aliphatic carbocycles. The summed E-state index contributed by atoms with van der Waals surface area (Å²) in [5, 5.41) is 13.7. The molecule has 0 radical (unpaired) electrons. The highest BCUT2D eigenvalue weighted by molar-refractivity contribution is 7.11. The van der Waals surface area contributed by atoms with E-state index < -0.39 is 0 Å². The molecule has 2 rings (SSSR count). The van der Waals surface area contributed by atoms with Crippen LogP contribution >= 0.6 is 11.3 Å². The number of rotatable bonds is 2. The second kappa shape index (κ2) is 4.76. The first-order valence-corrected chi connectivity index (χ1v) is 5.80. The Bertz CT molecular complexity index is 598. The first kappa shape index (κ1) is 11.3. The largest absolute Gasteiger partial charge is 0.320 e. The smallest absolute Gasteiger partial charge is 0.284 e. The van der Waals surface area contributed by atoms with Crippen LogP contribution in [-0.4, -0.2) is 10.9 Å². The lowest BCUT2D eigenvalue weighted by Gasteiger charge is -2.02. The Kier molecular flexibility index (Phi) is 3.17. The van der Waals surface area contributed by atoms with Gasteiger partial charge in [0.05, 0.1) is 11.6 Å². The van der Waals surface area contributed by atoms with Gasteiger partial charge >= 0.3 is 0 Å². The molecule has 0 unspecified atom stereocenters. The maximum absolute atomic E-state index is 11.8. The topological polar surface area (TPSA) is 65.8 Å². The molecule has 0 saturated heterocycles. The molecule has 5 heteroatoms. The average molecular weight is 243 g/mol. The number of amides is 1. The fourth-order valence-corrected chi connectivity index (χ4v) is 2.00. The van der Waals surface area contributed by atoms with Crippen LogP contribution in [-0.2, 0) is 0 Å². The maximum atomic E-state index is 11.8. The average Bonchev–Trinajstić information content (AvgIpc) is 2.76. The zero-order valence-corrected chi connectivity index (χ0v) is 9.91. The molecular weight excluding hydrogens is 234 g/mol. The fraction of sp³-hybridized carbons (Fsp3) is 0.0833. The maximum Gasteiger partial charge on any atom is 0.284 e. The van der Waals surface area contributed by atoms with Gasteiger partial charge in [0.25, 0.3) is 5.91 Å². The lowest BCUT2D eigenvalue weighted by molar-refractivity contribution is 0.102. The van der Waals surface area contributed by atoms with Crippen LogP contribution in [0.3, 0.4) is 0 Å². The summed E-state index contributed by atoms with van der Waals surface area (Å²) in [6.45, 7) is 1.84. The standard InChI is InChI=1S/C12H9N3OS/c1-8-7-17-12(14-8)11(16)15-10-4-2-3-9(5-10)6-13/h2-5,7H,1H3,(H,15,16). The van der Waals surface area contributed by atoms with E-state index in [1.807, 2.05) is 18.4 Å². The van der Waals surface area contributed by atoms with Gasteiger partial charge in [-0.05, 0) is 25.1 Å². The van der Waals surface area contributed by atoms with Gasteiger partial charge in [0.2, 0.25) is 0 Å². The Hall–Kier alpha value is -2.19. The van der Waals surface area contributed by atoms with Crippen molar-refractivity contribution in [2.75, 3.05) is 5.32 Å². The van der Waals surface area contributed by atoms with Gasteiger partial charge in [0.1, 0.15) is 0 Å². The number of nitriles is 1. The minimum absolute atomic E-state index is 0.252. The molecule has 1 N–H and O–H groups in total. The van der Waals surface area contributed by atoms with Crippen molar-refractivity contribution in [3.05, 3.63) is 45.9 Å². The zero-order chi connectivity index (χ0) is 12.3. The monoisotopic (exact) mass is 243 g/mol. The van der Waals surface area contributed by atoms with Crippen LogP contribution in [0.2, 0.25) is 0 Å². The number of hydrogen-bond donors (Lipinski definition) is 1. The third-order valence-corrected chi connectivity index (χ3v) is 3.02. The van der Waals surface area contributed by atoms with E-state index in [0.717, 1.165) is 5.69 Å². The van der Waals surface area contributed by atoms with Crippen molar-refractivity contribution >= 4 is 22.9 Å². The van der Waals surface area contributed by atoms with Crippen molar-refractivity contribution in [3.8, 4) is 6.07 Å². The Morgan fingerprint density at radius 1 is 1.53 bits per heavy atom. The summed E-state index contributed by atoms with van der Waals surface area (Å²) in [5.41, 5.74) is 1.94. The van der Waals surface area contributed by atoms with Crippen LogP contribution in [0.1, 0.15) is 21.1 Å². The van der Waals surface area contributed by atoms with E-state index in [9.17, 15) is 4.79 Å². The van der Waals surface area contributed by atoms with E-state index in [2.05, 4.69) is 10.3 Å². The van der Waals surface area contributed by atoms with Gasteiger partial charge in [-0.2, -0.15) is 5.26 Å². The second-order valence-corrected chi connectivity index (χ2v) is 4.30. The predicted molar refractivity (Wildman–Crippen MR) is 66.0 cm³/mol. The van der Waals surface area contributed by atoms with Gasteiger partial charge < -0.3 is 5.32 Å². The highest BCUT2D eigenvalue weighted by Crippen LogP contribution is 2.14. The van der Waals surface area contributed by atoms with Gasteiger partial charge in [-0.25, -0.2) is 4.98 Å². The quantitative estimate of drug-likeness (QED) is 0.881. The molecule has 0 saturated carbocycles. The van der Waals surface area contributed by atoms with Crippen molar-refractivity contribution in [1.29, 1.82) is 5.26 Å². The van der Waals surface area contributed by atoms with E-state index in [1.54, 1.807) is 24.3 Å². The number of thiazole rings is 1. The number of aromatic nitrogens is 1. The summed E-state index contributed by atoms with van der Waals surface area (Å²) >= 11 is 1.30. The summed E-state index contributed by atoms with van der Waals surface area (Å²) in [6.07, 6.45) is 0. The molecule has 17 heavy (non-hydrogen) atoms. The highest BCUT2D eigenvalue weighted by atomic mass is 32.1. The molecule has 1 aromatic carbocycles. The first-order chi connectivity index (χ1) is 8.19. The molecule has 0 atom stereocenters. The molecule has 2 aromatic rings. The van der Waals surface area contributed by atoms with Gasteiger partial charge in [-0.1, -0.05) is 6.07 Å². The van der Waals surface area contributed by atoms with Gasteiger partial charge in [0, 0.05) is 16.8 Å². The number of nitrogens with one attached hydrogen (secondary N) is 1. The second-order valence-electron chi connectivity index (χ2n) is 3.44. The third kappa shape index (κ3) is 2.68. The Labute approximate surface area is 103 Å². The van der Waals surface area contributed by atoms with Crippen LogP contribution in [0.15, 0.2) is 29.6 Å². The van der Waals surface area contributed by atoms with Crippen molar-refractivity contribution in [2.45, 2.75) is 6.92 Å². The van der Waals surface area contributed by atoms with Crippen LogP contribution in [0, 0.1) is 18.3 Å². The minimum atomic E-state index is -0.252. The van der Waals surface area contributed by atoms with Crippen molar-refractivity contribution in [2.24, 2.45) is 0 Å². The van der Waals surface area contributed by atoms with E-state index in [1.165, 1.54) is 11.3 Å². The van der Waals surface area contributed by atoms with Gasteiger partial charge in [-0.15, -0.1) is 11.3 Å². The summed E-state index contributed by atoms with van der Waals surface area (Å²) in [7, 11) is 0. The zero-order valence-electron chi connectivity index (χ0n) is 9.10. The fourth-order valence-electron chi connectivity index (χ4n) is 1.31. The van der Waals surface area contributed by atoms with E-state index in [-0.39, 0.29) is 5.91 Å². The molecule has 1 amide bonds. The SMILES string of the molecule is Cc1csc(C(=O)Nc2cccc(C#N)c2)n1. The Morgan fingerprint density at radius 3 is 3.00 bits per heavy atom. The van der Waals surface area contributed by atoms with E-state index in [4.69, 9.17) is 5.26 Å². The molecule has 0 bridgehead atoms. The molecule has 0 aliphatic rings. The molecule has 0 spiro atoms. The molecule has 0 fully saturated rings. The predicted octanol–water partition coefficient (Wildman–Crippen LogP) is 2.58. The normalized spacial score (nSPS) is 9.65. The highest BCUT2D eigenvalue weighted by Gasteiger charge is 2.09. The lowest BCUT2D eigenvalue weighted by Crippen LogP contribution is -2.11. The Balaban J connectivity index is 2.16. The number of carbonyl (C=O) groups is 1. The van der Waals surface area contributed by atoms with Crippen molar-refractivity contribution < 1.29 is 4.79 Å². The number of carbonyl (C=O) groups excluding carboxylic acids is 1. The van der Waals surface area contributed by atoms with Crippen molar-refractivity contribution in [3.63, 3.8) is 0 Å². The van der Waals surface area contributed by atoms with Crippen LogP contribution in [0.4, 0.5) is 5.69 Å².